The van der Waals surface area contributed by atoms with Gasteiger partial charge in [0, 0.05) is 16.8 Å². The van der Waals surface area contributed by atoms with Crippen molar-refractivity contribution in [3.05, 3.63) is 59.3 Å². The molecule has 2 heterocycles. The molecule has 130 valence electrons. The van der Waals surface area contributed by atoms with Crippen LogP contribution in [0.2, 0.25) is 5.02 Å². The van der Waals surface area contributed by atoms with Crippen LogP contribution in [0.5, 0.6) is 5.88 Å². The fourth-order valence-corrected chi connectivity index (χ4v) is 2.59. The van der Waals surface area contributed by atoms with Crippen molar-refractivity contribution in [1.29, 1.82) is 0 Å². The van der Waals surface area contributed by atoms with Crippen LogP contribution in [0, 0.1) is 0 Å². The van der Waals surface area contributed by atoms with Crippen molar-refractivity contribution < 1.29 is 13.5 Å². The van der Waals surface area contributed by atoms with Gasteiger partial charge in [0.15, 0.2) is 5.82 Å². The summed E-state index contributed by atoms with van der Waals surface area (Å²) in [6, 6.07) is 8.52. The Morgan fingerprint density at radius 1 is 1.20 bits per heavy atom. The van der Waals surface area contributed by atoms with Crippen LogP contribution in [0.1, 0.15) is 11.4 Å². The summed E-state index contributed by atoms with van der Waals surface area (Å²) in [5.41, 5.74) is 1.78. The zero-order valence-corrected chi connectivity index (χ0v) is 14.3. The number of aromatic nitrogens is 4. The fraction of sp³-hybridized carbons (Fsp3) is 0.188. The Bertz CT molecular complexity index is 873. The topological polar surface area (TPSA) is 52.8 Å². The summed E-state index contributed by atoms with van der Waals surface area (Å²) in [6.07, 6.45) is 2.99. The predicted molar refractivity (Wildman–Crippen MR) is 90.0 cm³/mol. The molecule has 0 amide bonds. The van der Waals surface area contributed by atoms with E-state index in [0.717, 1.165) is 5.56 Å². The SMILES string of the molecule is FC(F)Oc1ncc(Cn2cnc(CCl)n2)cc1-c1cccc(Cl)c1. The van der Waals surface area contributed by atoms with Gasteiger partial charge in [-0.25, -0.2) is 14.6 Å². The second kappa shape index (κ2) is 7.76. The number of hydrogen-bond acceptors (Lipinski definition) is 4. The van der Waals surface area contributed by atoms with Gasteiger partial charge in [0.2, 0.25) is 5.88 Å². The van der Waals surface area contributed by atoms with E-state index in [0.29, 0.717) is 28.5 Å². The summed E-state index contributed by atoms with van der Waals surface area (Å²) in [5, 5.41) is 4.67. The van der Waals surface area contributed by atoms with E-state index < -0.39 is 6.61 Å². The molecule has 0 N–H and O–H groups in total. The first-order valence-corrected chi connectivity index (χ1v) is 8.10. The number of rotatable bonds is 6. The van der Waals surface area contributed by atoms with E-state index in [1.807, 2.05) is 0 Å². The lowest BCUT2D eigenvalue weighted by Gasteiger charge is -2.12. The molecule has 0 bridgehead atoms. The molecular weight excluding hydrogens is 373 g/mol. The van der Waals surface area contributed by atoms with Crippen LogP contribution in [0.25, 0.3) is 11.1 Å². The van der Waals surface area contributed by atoms with Gasteiger partial charge < -0.3 is 4.74 Å². The zero-order chi connectivity index (χ0) is 17.8. The van der Waals surface area contributed by atoms with Gasteiger partial charge >= 0.3 is 6.61 Å². The maximum atomic E-state index is 12.7. The van der Waals surface area contributed by atoms with E-state index in [-0.39, 0.29) is 11.8 Å². The average molecular weight is 385 g/mol. The summed E-state index contributed by atoms with van der Waals surface area (Å²) >= 11 is 11.7. The number of alkyl halides is 3. The first-order chi connectivity index (χ1) is 12.0. The van der Waals surface area contributed by atoms with Crippen LogP contribution in [0.3, 0.4) is 0 Å². The molecule has 0 aliphatic rings. The van der Waals surface area contributed by atoms with E-state index in [9.17, 15) is 8.78 Å². The maximum absolute atomic E-state index is 12.7. The smallest absolute Gasteiger partial charge is 0.388 e. The highest BCUT2D eigenvalue weighted by Gasteiger charge is 2.15. The Balaban J connectivity index is 1.97. The van der Waals surface area contributed by atoms with Gasteiger partial charge in [-0.3, -0.25) is 0 Å². The lowest BCUT2D eigenvalue weighted by molar-refractivity contribution is -0.0524. The molecule has 0 saturated heterocycles. The Hall–Kier alpha value is -2.25. The first-order valence-electron chi connectivity index (χ1n) is 7.19. The Morgan fingerprint density at radius 3 is 2.72 bits per heavy atom. The minimum Gasteiger partial charge on any atom is -0.416 e. The minimum atomic E-state index is -2.97. The van der Waals surface area contributed by atoms with Gasteiger partial charge in [0.25, 0.3) is 0 Å². The van der Waals surface area contributed by atoms with Crippen molar-refractivity contribution in [2.45, 2.75) is 19.0 Å². The predicted octanol–water partition coefficient (Wildman–Crippen LogP) is 4.38. The first kappa shape index (κ1) is 17.6. The third kappa shape index (κ3) is 4.43. The molecule has 0 fully saturated rings. The molecule has 1 aromatic carbocycles. The zero-order valence-electron chi connectivity index (χ0n) is 12.7. The molecule has 0 spiro atoms. The molecule has 0 aliphatic heterocycles. The summed E-state index contributed by atoms with van der Waals surface area (Å²) in [6.45, 7) is -2.61. The number of benzene rings is 1. The molecule has 0 saturated carbocycles. The standard InChI is InChI=1S/C16H12Cl2F2N4O/c17-6-14-22-9-24(23-14)8-10-4-13(11-2-1-3-12(18)5-11)15(21-7-10)25-16(19)20/h1-5,7,9,16H,6,8H2. The van der Waals surface area contributed by atoms with Crippen molar-refractivity contribution in [2.75, 3.05) is 0 Å². The van der Waals surface area contributed by atoms with E-state index in [2.05, 4.69) is 19.8 Å². The molecule has 0 radical (unpaired) electrons. The monoisotopic (exact) mass is 384 g/mol. The van der Waals surface area contributed by atoms with Crippen LogP contribution in [-0.4, -0.2) is 26.4 Å². The lowest BCUT2D eigenvalue weighted by atomic mass is 10.1. The van der Waals surface area contributed by atoms with Crippen molar-refractivity contribution >= 4 is 23.2 Å². The molecule has 5 nitrogen and oxygen atoms in total. The highest BCUT2D eigenvalue weighted by atomic mass is 35.5. The van der Waals surface area contributed by atoms with Crippen LogP contribution >= 0.6 is 23.2 Å². The second-order valence-electron chi connectivity index (χ2n) is 5.08. The van der Waals surface area contributed by atoms with Crippen molar-refractivity contribution in [1.82, 2.24) is 19.7 Å². The Labute approximate surface area is 152 Å². The van der Waals surface area contributed by atoms with Crippen LogP contribution < -0.4 is 4.74 Å². The van der Waals surface area contributed by atoms with Crippen molar-refractivity contribution in [3.63, 3.8) is 0 Å². The molecule has 9 heteroatoms. The summed E-state index contributed by atoms with van der Waals surface area (Å²) in [5.74, 6) is 0.545. The number of nitrogens with zero attached hydrogens (tertiary/aromatic N) is 4. The van der Waals surface area contributed by atoms with Gasteiger partial charge in [-0.1, -0.05) is 23.7 Å². The molecule has 0 atom stereocenters. The van der Waals surface area contributed by atoms with E-state index in [4.69, 9.17) is 23.2 Å². The van der Waals surface area contributed by atoms with Crippen molar-refractivity contribution in [2.24, 2.45) is 0 Å². The Kier molecular flexibility index (Phi) is 5.45. The highest BCUT2D eigenvalue weighted by molar-refractivity contribution is 6.30. The molecular formula is C16H12Cl2F2N4O. The number of ether oxygens (including phenoxy) is 1. The number of halogens is 4. The average Bonchev–Trinajstić information content (AvgIpc) is 3.03. The van der Waals surface area contributed by atoms with E-state index >= 15 is 0 Å². The van der Waals surface area contributed by atoms with Crippen molar-refractivity contribution in [3.8, 4) is 17.0 Å². The van der Waals surface area contributed by atoms with Gasteiger partial charge in [-0.15, -0.1) is 11.6 Å². The molecule has 25 heavy (non-hydrogen) atoms. The molecule has 3 rings (SSSR count). The number of hydrogen-bond donors (Lipinski definition) is 0. The van der Waals surface area contributed by atoms with Crippen LogP contribution in [0.4, 0.5) is 8.78 Å². The van der Waals surface area contributed by atoms with Gasteiger partial charge in [0.1, 0.15) is 6.33 Å². The quantitative estimate of drug-likeness (QED) is 0.591. The summed E-state index contributed by atoms with van der Waals surface area (Å²) < 4.78 is 31.4. The van der Waals surface area contributed by atoms with Crippen LogP contribution in [-0.2, 0) is 12.4 Å². The summed E-state index contributed by atoms with van der Waals surface area (Å²) in [7, 11) is 0. The van der Waals surface area contributed by atoms with Crippen LogP contribution in [0.15, 0.2) is 42.9 Å². The van der Waals surface area contributed by atoms with E-state index in [1.165, 1.54) is 6.20 Å². The molecule has 3 aromatic rings. The van der Waals surface area contributed by atoms with Gasteiger partial charge in [0.05, 0.1) is 12.4 Å². The fourth-order valence-electron chi connectivity index (χ4n) is 2.28. The maximum Gasteiger partial charge on any atom is 0.388 e. The third-order valence-electron chi connectivity index (χ3n) is 3.29. The Morgan fingerprint density at radius 2 is 2.04 bits per heavy atom. The highest BCUT2D eigenvalue weighted by Crippen LogP contribution is 2.31. The molecule has 2 aromatic heterocycles. The second-order valence-corrected chi connectivity index (χ2v) is 5.78. The number of pyridine rings is 1. The summed E-state index contributed by atoms with van der Waals surface area (Å²) in [4.78, 5) is 8.05. The third-order valence-corrected chi connectivity index (χ3v) is 3.77. The van der Waals surface area contributed by atoms with Gasteiger partial charge in [-0.2, -0.15) is 13.9 Å². The lowest BCUT2D eigenvalue weighted by Crippen LogP contribution is -2.07. The normalized spacial score (nSPS) is 11.1. The minimum absolute atomic E-state index is 0.166. The van der Waals surface area contributed by atoms with Gasteiger partial charge in [-0.05, 0) is 29.3 Å². The largest absolute Gasteiger partial charge is 0.416 e. The molecule has 0 unspecified atom stereocenters. The van der Waals surface area contributed by atoms with E-state index in [1.54, 1.807) is 41.3 Å². The molecule has 0 aliphatic carbocycles.